The summed E-state index contributed by atoms with van der Waals surface area (Å²) < 4.78 is 16.8. The Bertz CT molecular complexity index is 947. The Morgan fingerprint density at radius 2 is 0.541 bits per heavy atom. The fourth-order valence-corrected chi connectivity index (χ4v) is 8.14. The lowest BCUT2D eigenvalue weighted by molar-refractivity contribution is -0.167. The molecule has 0 amide bonds. The molecule has 0 fully saturated rings. The highest BCUT2D eigenvalue weighted by molar-refractivity contribution is 5.71. The van der Waals surface area contributed by atoms with E-state index in [0.717, 1.165) is 64.2 Å². The fourth-order valence-electron chi connectivity index (χ4n) is 8.14. The number of hydrogen-bond acceptors (Lipinski definition) is 6. The minimum atomic E-state index is -0.766. The first-order chi connectivity index (χ1) is 30.0. The van der Waals surface area contributed by atoms with Gasteiger partial charge in [0.05, 0.1) is 0 Å². The number of carbonyl (C=O) groups excluding carboxylic acids is 3. The van der Waals surface area contributed by atoms with Gasteiger partial charge in [0.1, 0.15) is 13.2 Å². The van der Waals surface area contributed by atoms with Crippen molar-refractivity contribution in [2.24, 2.45) is 0 Å². The summed E-state index contributed by atoms with van der Waals surface area (Å²) in [7, 11) is 0. The number of allylic oxidation sites excluding steroid dienone is 2. The van der Waals surface area contributed by atoms with E-state index in [9.17, 15) is 14.4 Å². The summed E-state index contributed by atoms with van der Waals surface area (Å²) in [5, 5.41) is 0. The summed E-state index contributed by atoms with van der Waals surface area (Å²) in [5.74, 6) is -0.855. The van der Waals surface area contributed by atoms with Crippen molar-refractivity contribution < 1.29 is 28.6 Å². The van der Waals surface area contributed by atoms with Gasteiger partial charge >= 0.3 is 17.9 Å². The zero-order chi connectivity index (χ0) is 44.4. The Kier molecular flexibility index (Phi) is 49.3. The summed E-state index contributed by atoms with van der Waals surface area (Å²) in [5.41, 5.74) is 0. The SMILES string of the molecule is CCCCCCCC/C=C\CCCCCCCC(=O)OC[C@H](COC(=O)CCCCCCCCCCCCCCC)OC(=O)CCCCCCCCCCCCCCCCC. The number of hydrogen-bond donors (Lipinski definition) is 0. The molecule has 1 atom stereocenters. The van der Waals surface area contributed by atoms with Crippen LogP contribution in [0.3, 0.4) is 0 Å². The molecule has 0 radical (unpaired) electrons. The summed E-state index contributed by atoms with van der Waals surface area (Å²) >= 11 is 0. The molecule has 0 aliphatic carbocycles. The Morgan fingerprint density at radius 1 is 0.311 bits per heavy atom. The van der Waals surface area contributed by atoms with E-state index in [1.807, 2.05) is 0 Å². The molecule has 0 N–H and O–H groups in total. The summed E-state index contributed by atoms with van der Waals surface area (Å²) in [6.07, 6.45) is 56.2. The van der Waals surface area contributed by atoms with E-state index < -0.39 is 6.10 Å². The first-order valence-electron chi connectivity index (χ1n) is 27.2. The lowest BCUT2D eigenvalue weighted by Gasteiger charge is -2.18. The van der Waals surface area contributed by atoms with Crippen LogP contribution in [0.15, 0.2) is 12.2 Å². The van der Waals surface area contributed by atoms with Gasteiger partial charge in [-0.1, -0.05) is 251 Å². The molecule has 0 spiro atoms. The molecule has 0 saturated carbocycles. The molecule has 0 unspecified atom stereocenters. The van der Waals surface area contributed by atoms with Crippen LogP contribution >= 0.6 is 0 Å². The van der Waals surface area contributed by atoms with Crippen molar-refractivity contribution in [2.45, 2.75) is 309 Å². The highest BCUT2D eigenvalue weighted by Crippen LogP contribution is 2.16. The van der Waals surface area contributed by atoms with Gasteiger partial charge in [-0.15, -0.1) is 0 Å². The lowest BCUT2D eigenvalue weighted by Crippen LogP contribution is -2.30. The number of unbranched alkanes of at least 4 members (excludes halogenated alkanes) is 37. The fraction of sp³-hybridized carbons (Fsp3) is 0.909. The molecule has 0 aromatic heterocycles. The van der Waals surface area contributed by atoms with E-state index in [1.54, 1.807) is 0 Å². The molecule has 0 aromatic rings. The van der Waals surface area contributed by atoms with Crippen LogP contribution in [0.4, 0.5) is 0 Å². The van der Waals surface area contributed by atoms with Gasteiger partial charge in [-0.3, -0.25) is 14.4 Å². The minimum absolute atomic E-state index is 0.0669. The maximum atomic E-state index is 12.8. The zero-order valence-electron chi connectivity index (χ0n) is 41.2. The summed E-state index contributed by atoms with van der Waals surface area (Å²) in [6.45, 7) is 6.67. The third-order valence-electron chi connectivity index (χ3n) is 12.3. The summed E-state index contributed by atoms with van der Waals surface area (Å²) in [6, 6.07) is 0. The molecule has 6 heteroatoms. The number of carbonyl (C=O) groups is 3. The largest absolute Gasteiger partial charge is 0.462 e. The van der Waals surface area contributed by atoms with Gasteiger partial charge in [-0.25, -0.2) is 0 Å². The second kappa shape index (κ2) is 50.8. The van der Waals surface area contributed by atoms with Crippen molar-refractivity contribution in [1.82, 2.24) is 0 Å². The standard InChI is InChI=1S/C55H104O6/c1-4-7-10-13-16-19-22-25-27-30-33-36-39-42-45-48-54(57)60-51-52(50-59-53(56)47-44-41-38-35-32-29-24-21-18-15-12-9-6-3)61-55(58)49-46-43-40-37-34-31-28-26-23-20-17-14-11-8-5-2/h25,27,52H,4-24,26,28-51H2,1-3H3/b27-25-/t52-/m0/s1. The van der Waals surface area contributed by atoms with E-state index in [-0.39, 0.29) is 31.1 Å². The highest BCUT2D eigenvalue weighted by atomic mass is 16.6. The second-order valence-corrected chi connectivity index (χ2v) is 18.5. The maximum Gasteiger partial charge on any atom is 0.306 e. The van der Waals surface area contributed by atoms with Gasteiger partial charge in [0.25, 0.3) is 0 Å². The summed E-state index contributed by atoms with van der Waals surface area (Å²) in [4.78, 5) is 38.0. The number of esters is 3. The number of rotatable bonds is 50. The van der Waals surface area contributed by atoms with E-state index in [2.05, 4.69) is 32.9 Å². The predicted octanol–water partition coefficient (Wildman–Crippen LogP) is 17.8. The molecular formula is C55H104O6. The van der Waals surface area contributed by atoms with Crippen LogP contribution in [-0.2, 0) is 28.6 Å². The van der Waals surface area contributed by atoms with Crippen LogP contribution in [0.5, 0.6) is 0 Å². The van der Waals surface area contributed by atoms with Crippen LogP contribution < -0.4 is 0 Å². The topological polar surface area (TPSA) is 78.9 Å². The van der Waals surface area contributed by atoms with Gasteiger partial charge < -0.3 is 14.2 Å². The van der Waals surface area contributed by atoms with E-state index in [0.29, 0.717) is 19.3 Å². The average Bonchev–Trinajstić information content (AvgIpc) is 3.26. The minimum Gasteiger partial charge on any atom is -0.462 e. The number of ether oxygens (including phenoxy) is 3. The molecule has 0 rings (SSSR count). The Balaban J connectivity index is 4.33. The van der Waals surface area contributed by atoms with E-state index in [1.165, 1.54) is 199 Å². The molecular weight excluding hydrogens is 757 g/mol. The van der Waals surface area contributed by atoms with Crippen molar-refractivity contribution >= 4 is 17.9 Å². The normalized spacial score (nSPS) is 12.0. The molecule has 0 aliphatic heterocycles. The van der Waals surface area contributed by atoms with Gasteiger partial charge in [0.15, 0.2) is 6.10 Å². The molecule has 0 aliphatic rings. The monoisotopic (exact) mass is 861 g/mol. The smallest absolute Gasteiger partial charge is 0.306 e. The Morgan fingerprint density at radius 3 is 0.820 bits per heavy atom. The average molecular weight is 861 g/mol. The van der Waals surface area contributed by atoms with Crippen molar-refractivity contribution in [2.75, 3.05) is 13.2 Å². The van der Waals surface area contributed by atoms with Gasteiger partial charge in [0, 0.05) is 19.3 Å². The van der Waals surface area contributed by atoms with E-state index in [4.69, 9.17) is 14.2 Å². The first-order valence-corrected chi connectivity index (χ1v) is 27.2. The van der Waals surface area contributed by atoms with Crippen LogP contribution in [0, 0.1) is 0 Å². The second-order valence-electron chi connectivity index (χ2n) is 18.5. The van der Waals surface area contributed by atoms with Crippen LogP contribution in [-0.4, -0.2) is 37.2 Å². The third kappa shape index (κ3) is 49.0. The first kappa shape index (κ1) is 59.1. The molecule has 6 nitrogen and oxygen atoms in total. The Labute approximate surface area is 380 Å². The molecule has 0 bridgehead atoms. The van der Waals surface area contributed by atoms with Gasteiger partial charge in [-0.2, -0.15) is 0 Å². The molecule has 0 aromatic carbocycles. The van der Waals surface area contributed by atoms with Crippen LogP contribution in [0.1, 0.15) is 303 Å². The van der Waals surface area contributed by atoms with Crippen molar-refractivity contribution in [3.05, 3.63) is 12.2 Å². The van der Waals surface area contributed by atoms with E-state index >= 15 is 0 Å². The maximum absolute atomic E-state index is 12.8. The third-order valence-corrected chi connectivity index (χ3v) is 12.3. The van der Waals surface area contributed by atoms with Crippen LogP contribution in [0.2, 0.25) is 0 Å². The Hall–Kier alpha value is -1.85. The van der Waals surface area contributed by atoms with Gasteiger partial charge in [0.2, 0.25) is 0 Å². The lowest BCUT2D eigenvalue weighted by atomic mass is 10.0. The molecule has 0 saturated heterocycles. The quantitative estimate of drug-likeness (QED) is 0.0262. The molecule has 360 valence electrons. The zero-order valence-corrected chi connectivity index (χ0v) is 41.2. The van der Waals surface area contributed by atoms with Crippen molar-refractivity contribution in [3.8, 4) is 0 Å². The predicted molar refractivity (Wildman–Crippen MR) is 261 cm³/mol. The highest BCUT2D eigenvalue weighted by Gasteiger charge is 2.19. The molecule has 0 heterocycles. The van der Waals surface area contributed by atoms with Crippen molar-refractivity contribution in [1.29, 1.82) is 0 Å². The van der Waals surface area contributed by atoms with Crippen LogP contribution in [0.25, 0.3) is 0 Å². The molecule has 61 heavy (non-hydrogen) atoms. The van der Waals surface area contributed by atoms with Crippen molar-refractivity contribution in [3.63, 3.8) is 0 Å². The van der Waals surface area contributed by atoms with Gasteiger partial charge in [-0.05, 0) is 44.9 Å².